The van der Waals surface area contributed by atoms with Crippen molar-refractivity contribution in [3.63, 3.8) is 0 Å². The number of halogens is 3. The lowest BCUT2D eigenvalue weighted by molar-refractivity contribution is 0.0686. The van der Waals surface area contributed by atoms with E-state index in [4.69, 9.17) is 16.3 Å². The lowest BCUT2D eigenvalue weighted by Crippen LogP contribution is -2.29. The smallest absolute Gasteiger partial charge is 0.277 e. The van der Waals surface area contributed by atoms with Gasteiger partial charge in [-0.3, -0.25) is 19.3 Å². The molecule has 36 heavy (non-hydrogen) atoms. The predicted octanol–water partition coefficient (Wildman–Crippen LogP) is 4.06. The van der Waals surface area contributed by atoms with E-state index in [0.717, 1.165) is 6.20 Å². The lowest BCUT2D eigenvalue weighted by atomic mass is 10.0. The van der Waals surface area contributed by atoms with Crippen LogP contribution in [0.1, 0.15) is 43.7 Å². The van der Waals surface area contributed by atoms with Gasteiger partial charge >= 0.3 is 0 Å². The normalized spacial score (nSPS) is 15.9. The van der Waals surface area contributed by atoms with Crippen molar-refractivity contribution in [2.24, 2.45) is 10.9 Å². The van der Waals surface area contributed by atoms with Gasteiger partial charge in [0.25, 0.3) is 5.56 Å². The summed E-state index contributed by atoms with van der Waals surface area (Å²) in [6.07, 6.45) is 4.18. The Balaban J connectivity index is 1.68. The van der Waals surface area contributed by atoms with Gasteiger partial charge in [0, 0.05) is 42.2 Å². The Labute approximate surface area is 211 Å². The fourth-order valence-electron chi connectivity index (χ4n) is 3.70. The molecule has 0 aliphatic carbocycles. The molecule has 3 aromatic heterocycles. The highest BCUT2D eigenvalue weighted by atomic mass is 35.5. The van der Waals surface area contributed by atoms with Crippen LogP contribution in [-0.4, -0.2) is 36.9 Å². The molecule has 0 amide bonds. The van der Waals surface area contributed by atoms with E-state index in [-0.39, 0.29) is 34.8 Å². The molecule has 1 aliphatic rings. The van der Waals surface area contributed by atoms with Gasteiger partial charge < -0.3 is 9.84 Å². The number of hydrogen-bond donors (Lipinski definition) is 1. The Morgan fingerprint density at radius 1 is 1.28 bits per heavy atom. The zero-order chi connectivity index (χ0) is 26.2. The van der Waals surface area contributed by atoms with Crippen molar-refractivity contribution >= 4 is 23.0 Å². The van der Waals surface area contributed by atoms with Gasteiger partial charge in [-0.15, -0.1) is 0 Å². The number of aliphatic imine (C=N–C) groups is 1. The second kappa shape index (κ2) is 9.87. The van der Waals surface area contributed by atoms with E-state index in [9.17, 15) is 18.7 Å². The maximum Gasteiger partial charge on any atom is 0.277 e. The summed E-state index contributed by atoms with van der Waals surface area (Å²) >= 11 is 6.35. The third-order valence-electron chi connectivity index (χ3n) is 5.60. The van der Waals surface area contributed by atoms with Gasteiger partial charge in [0.05, 0.1) is 17.6 Å². The topological polar surface area (TPSA) is 102 Å². The number of pyridine rings is 2. The maximum absolute atomic E-state index is 13.9. The lowest BCUT2D eigenvalue weighted by Gasteiger charge is -2.24. The zero-order valence-electron chi connectivity index (χ0n) is 20.1. The number of ether oxygens (including phenoxy) is 1. The third-order valence-corrected chi connectivity index (χ3v) is 5.94. The van der Waals surface area contributed by atoms with Gasteiger partial charge in [-0.1, -0.05) is 18.5 Å². The summed E-state index contributed by atoms with van der Waals surface area (Å²) in [5, 5.41) is 10.1. The van der Waals surface area contributed by atoms with E-state index in [0.29, 0.717) is 35.4 Å². The average Bonchev–Trinajstić information content (AvgIpc) is 2.82. The van der Waals surface area contributed by atoms with Crippen molar-refractivity contribution < 1.29 is 18.6 Å². The van der Waals surface area contributed by atoms with Crippen LogP contribution in [0, 0.1) is 24.5 Å². The van der Waals surface area contributed by atoms with E-state index in [1.165, 1.54) is 4.57 Å². The molecule has 8 nitrogen and oxygen atoms in total. The van der Waals surface area contributed by atoms with Gasteiger partial charge in [0.15, 0.2) is 11.6 Å². The van der Waals surface area contributed by atoms with Crippen molar-refractivity contribution in [3.05, 3.63) is 86.6 Å². The molecule has 1 atom stereocenters. The molecule has 188 valence electrons. The minimum atomic E-state index is -1.23. The second-order valence-corrected chi connectivity index (χ2v) is 9.37. The first-order chi connectivity index (χ1) is 17.0. The van der Waals surface area contributed by atoms with Gasteiger partial charge in [0.2, 0.25) is 0 Å². The Morgan fingerprint density at radius 2 is 2.03 bits per heavy atom. The van der Waals surface area contributed by atoms with Crippen LogP contribution < -0.4 is 10.3 Å². The molecule has 0 spiro atoms. The van der Waals surface area contributed by atoms with Crippen LogP contribution in [-0.2, 0) is 12.2 Å². The number of allylic oxidation sites excluding steroid dienone is 1. The van der Waals surface area contributed by atoms with Crippen LogP contribution >= 0.6 is 11.6 Å². The first-order valence-corrected chi connectivity index (χ1v) is 11.5. The van der Waals surface area contributed by atoms with E-state index >= 15 is 0 Å². The average molecular weight is 516 g/mol. The summed E-state index contributed by atoms with van der Waals surface area (Å²) in [4.78, 5) is 30.1. The van der Waals surface area contributed by atoms with Crippen LogP contribution in [0.4, 0.5) is 8.78 Å². The molecule has 0 saturated heterocycles. The summed E-state index contributed by atoms with van der Waals surface area (Å²) in [7, 11) is 0. The molecule has 0 fully saturated rings. The quantitative estimate of drug-likeness (QED) is 0.531. The Bertz CT molecular complexity index is 1450. The summed E-state index contributed by atoms with van der Waals surface area (Å²) in [5.74, 6) is -1.46. The van der Waals surface area contributed by atoms with Crippen LogP contribution in [0.3, 0.4) is 0 Å². The van der Waals surface area contributed by atoms with E-state index < -0.39 is 22.8 Å². The van der Waals surface area contributed by atoms with Crippen LogP contribution in [0.5, 0.6) is 5.75 Å². The fraction of sp³-hybridized carbons (Fsp3) is 0.320. The maximum atomic E-state index is 13.9. The molecule has 0 aromatic carbocycles. The fourth-order valence-corrected chi connectivity index (χ4v) is 3.89. The number of nitrogens with zero attached hydrogens (tertiary/aromatic N) is 5. The molecule has 11 heteroatoms. The Kier molecular flexibility index (Phi) is 7.01. The highest BCUT2D eigenvalue weighted by molar-refractivity contribution is 6.31. The van der Waals surface area contributed by atoms with Crippen molar-refractivity contribution in [2.75, 3.05) is 6.54 Å². The number of hydrogen-bond acceptors (Lipinski definition) is 7. The van der Waals surface area contributed by atoms with Crippen molar-refractivity contribution in [2.45, 2.75) is 39.9 Å². The van der Waals surface area contributed by atoms with Crippen molar-refractivity contribution in [1.82, 2.24) is 19.5 Å². The molecular formula is C25H24ClF2N5O3. The Hall–Kier alpha value is -3.50. The molecule has 3 aromatic rings. The first-order valence-electron chi connectivity index (χ1n) is 11.1. The standard InChI is InChI=1S/C25H24ClF2N5O3/c1-13-10-30-18(17-5-6-29-24(32-17)25(3,4)35)9-20(13)33-14(2)7-21(22(26)23(33)34)36-12-19-16(28)8-15(27)11-31-19/h5-9,11,13,35H,10,12H2,1-4H3/t13-/m1/s1. The minimum absolute atomic E-state index is 0.0597. The van der Waals surface area contributed by atoms with Crippen molar-refractivity contribution in [1.29, 1.82) is 0 Å². The molecule has 1 aliphatic heterocycles. The zero-order valence-corrected chi connectivity index (χ0v) is 20.8. The van der Waals surface area contributed by atoms with E-state index in [2.05, 4.69) is 19.9 Å². The summed E-state index contributed by atoms with van der Waals surface area (Å²) in [5.41, 5.74) is 0.381. The van der Waals surface area contributed by atoms with Gasteiger partial charge in [-0.05, 0) is 32.9 Å². The first kappa shape index (κ1) is 25.6. The predicted molar refractivity (Wildman–Crippen MR) is 131 cm³/mol. The highest BCUT2D eigenvalue weighted by Gasteiger charge is 2.25. The number of aryl methyl sites for hydroxylation is 1. The highest BCUT2D eigenvalue weighted by Crippen LogP contribution is 2.28. The van der Waals surface area contributed by atoms with Gasteiger partial charge in [-0.2, -0.15) is 0 Å². The Morgan fingerprint density at radius 3 is 2.72 bits per heavy atom. The molecule has 0 unspecified atom stereocenters. The van der Waals surface area contributed by atoms with Crippen LogP contribution in [0.2, 0.25) is 5.02 Å². The minimum Gasteiger partial charge on any atom is -0.485 e. The summed E-state index contributed by atoms with van der Waals surface area (Å²) in [6.45, 7) is 6.90. The van der Waals surface area contributed by atoms with E-state index in [1.54, 1.807) is 45.2 Å². The van der Waals surface area contributed by atoms with Crippen molar-refractivity contribution in [3.8, 4) is 5.75 Å². The summed E-state index contributed by atoms with van der Waals surface area (Å²) < 4.78 is 34.0. The molecular weight excluding hydrogens is 492 g/mol. The number of aromatic nitrogens is 4. The largest absolute Gasteiger partial charge is 0.485 e. The third kappa shape index (κ3) is 5.19. The molecule has 0 saturated carbocycles. The monoisotopic (exact) mass is 515 g/mol. The molecule has 0 radical (unpaired) electrons. The van der Waals surface area contributed by atoms with Gasteiger partial charge in [-0.25, -0.2) is 18.7 Å². The molecule has 0 bridgehead atoms. The number of aliphatic hydroxyl groups is 1. The molecule has 4 heterocycles. The summed E-state index contributed by atoms with van der Waals surface area (Å²) in [6, 6.07) is 3.95. The molecule has 1 N–H and O–H groups in total. The number of dihydropyridines is 1. The van der Waals surface area contributed by atoms with Crippen LogP contribution in [0.15, 0.2) is 46.5 Å². The molecule has 4 rings (SSSR count). The number of rotatable bonds is 6. The van der Waals surface area contributed by atoms with Crippen LogP contribution in [0.25, 0.3) is 5.70 Å². The second-order valence-electron chi connectivity index (χ2n) is 9.00. The van der Waals surface area contributed by atoms with Gasteiger partial charge in [0.1, 0.15) is 34.5 Å². The van der Waals surface area contributed by atoms with E-state index in [1.807, 2.05) is 6.92 Å². The SMILES string of the molecule is Cc1cc(OCc2ncc(F)cc2F)c(Cl)c(=O)n1C1=CC(c2ccnc(C(C)(C)O)n2)=NC[C@H]1C.